The second-order valence-corrected chi connectivity index (χ2v) is 7.37. The number of rotatable bonds is 3. The van der Waals surface area contributed by atoms with Crippen molar-refractivity contribution in [1.29, 1.82) is 0 Å². The van der Waals surface area contributed by atoms with Crippen LogP contribution in [0.25, 0.3) is 22.6 Å². The van der Waals surface area contributed by atoms with Crippen molar-refractivity contribution in [1.82, 2.24) is 23.1 Å². The van der Waals surface area contributed by atoms with Crippen LogP contribution in [0.2, 0.25) is 0 Å². The molecule has 0 spiro atoms. The number of hydrogen-bond acceptors (Lipinski definition) is 4. The number of phenolic OH excluding ortho intramolecular Hbond substituents is 1. The molecule has 0 aliphatic heterocycles. The van der Waals surface area contributed by atoms with Gasteiger partial charge in [-0.25, -0.2) is 9.18 Å². The summed E-state index contributed by atoms with van der Waals surface area (Å²) in [5, 5.41) is 10.3. The summed E-state index contributed by atoms with van der Waals surface area (Å²) in [6.07, 6.45) is 1.72. The van der Waals surface area contributed by atoms with Crippen LogP contribution >= 0.6 is 0 Å². The molecule has 0 saturated heterocycles. The zero-order chi connectivity index (χ0) is 21.9. The third-order valence-electron chi connectivity index (χ3n) is 5.43. The van der Waals surface area contributed by atoms with Crippen LogP contribution in [0.15, 0.2) is 64.3 Å². The highest BCUT2D eigenvalue weighted by Crippen LogP contribution is 2.26. The molecule has 0 fully saturated rings. The first-order valence-corrected chi connectivity index (χ1v) is 9.60. The van der Waals surface area contributed by atoms with E-state index in [9.17, 15) is 19.1 Å². The highest BCUT2D eigenvalue weighted by Gasteiger charge is 2.22. The van der Waals surface area contributed by atoms with Gasteiger partial charge in [0.15, 0.2) is 11.2 Å². The SMILES string of the molecule is Cc1cn2c3c(=O)n(Cc4ccccc4F)c(=O)n(C)c3nc2n1-c1ccccc1O. The van der Waals surface area contributed by atoms with Crippen molar-refractivity contribution in [3.8, 4) is 11.4 Å². The Hall–Kier alpha value is -4.14. The topological polar surface area (TPSA) is 86.5 Å². The van der Waals surface area contributed by atoms with Gasteiger partial charge in [0.1, 0.15) is 11.6 Å². The minimum atomic E-state index is -0.590. The molecular formula is C22H18FN5O3. The van der Waals surface area contributed by atoms with Gasteiger partial charge >= 0.3 is 5.69 Å². The van der Waals surface area contributed by atoms with Crippen molar-refractivity contribution in [2.24, 2.45) is 7.05 Å². The normalized spacial score (nSPS) is 11.6. The molecule has 0 saturated carbocycles. The van der Waals surface area contributed by atoms with Gasteiger partial charge in [0, 0.05) is 24.5 Å². The Morgan fingerprint density at radius 1 is 1.06 bits per heavy atom. The number of aromatic hydroxyl groups is 1. The fourth-order valence-electron chi connectivity index (χ4n) is 3.90. The molecule has 31 heavy (non-hydrogen) atoms. The van der Waals surface area contributed by atoms with Crippen LogP contribution in [0.3, 0.4) is 0 Å². The largest absolute Gasteiger partial charge is 0.506 e. The van der Waals surface area contributed by atoms with Gasteiger partial charge in [0.05, 0.1) is 12.2 Å². The predicted octanol–water partition coefficient (Wildman–Crippen LogP) is 2.34. The Morgan fingerprint density at radius 2 is 1.77 bits per heavy atom. The van der Waals surface area contributed by atoms with E-state index >= 15 is 0 Å². The Kier molecular flexibility index (Phi) is 4.07. The summed E-state index contributed by atoms with van der Waals surface area (Å²) in [7, 11) is 1.52. The van der Waals surface area contributed by atoms with E-state index in [-0.39, 0.29) is 29.0 Å². The van der Waals surface area contributed by atoms with E-state index in [4.69, 9.17) is 0 Å². The number of nitrogens with zero attached hydrogens (tertiary/aromatic N) is 5. The quantitative estimate of drug-likeness (QED) is 0.486. The van der Waals surface area contributed by atoms with Gasteiger partial charge in [-0.3, -0.25) is 22.9 Å². The van der Waals surface area contributed by atoms with Crippen LogP contribution in [0.5, 0.6) is 5.75 Å². The standard InChI is InChI=1S/C22H18FN5O3/c1-13-11-26-18-19(24-21(26)28(13)16-9-5-6-10-17(16)29)25(2)22(31)27(20(18)30)12-14-7-3-4-8-15(14)23/h3-11,29H,12H2,1-2H3. The second-order valence-electron chi connectivity index (χ2n) is 7.37. The molecule has 3 aromatic heterocycles. The van der Waals surface area contributed by atoms with Gasteiger partial charge in [0.25, 0.3) is 5.56 Å². The molecule has 0 aliphatic rings. The number of benzene rings is 2. The highest BCUT2D eigenvalue weighted by atomic mass is 19.1. The zero-order valence-corrected chi connectivity index (χ0v) is 16.8. The first-order valence-electron chi connectivity index (χ1n) is 9.60. The fourth-order valence-corrected chi connectivity index (χ4v) is 3.90. The molecule has 9 heteroatoms. The molecule has 0 atom stereocenters. The summed E-state index contributed by atoms with van der Waals surface area (Å²) in [5.41, 5.74) is 0.729. The number of imidazole rings is 2. The Balaban J connectivity index is 1.83. The molecule has 5 rings (SSSR count). The highest BCUT2D eigenvalue weighted by molar-refractivity contribution is 5.76. The van der Waals surface area contributed by atoms with Gasteiger partial charge in [-0.15, -0.1) is 0 Å². The van der Waals surface area contributed by atoms with Crippen LogP contribution in [-0.4, -0.2) is 28.2 Å². The van der Waals surface area contributed by atoms with Crippen molar-refractivity contribution in [3.63, 3.8) is 0 Å². The van der Waals surface area contributed by atoms with Gasteiger partial charge in [0.2, 0.25) is 5.78 Å². The van der Waals surface area contributed by atoms with E-state index in [0.29, 0.717) is 11.5 Å². The number of halogens is 1. The first kappa shape index (κ1) is 18.9. The van der Waals surface area contributed by atoms with Crippen LogP contribution < -0.4 is 11.2 Å². The third kappa shape index (κ3) is 2.70. The molecular weight excluding hydrogens is 401 g/mol. The molecule has 2 aromatic carbocycles. The van der Waals surface area contributed by atoms with Crippen molar-refractivity contribution in [2.75, 3.05) is 0 Å². The number of para-hydroxylation sites is 2. The van der Waals surface area contributed by atoms with Gasteiger partial charge in [-0.2, -0.15) is 4.98 Å². The van der Waals surface area contributed by atoms with Gasteiger partial charge < -0.3 is 5.11 Å². The Bertz CT molecular complexity index is 1610. The lowest BCUT2D eigenvalue weighted by molar-refractivity contribution is 0.472. The summed E-state index contributed by atoms with van der Waals surface area (Å²) in [6, 6.07) is 12.8. The average molecular weight is 419 g/mol. The lowest BCUT2D eigenvalue weighted by Crippen LogP contribution is -2.39. The van der Waals surface area contributed by atoms with E-state index in [2.05, 4.69) is 4.98 Å². The lowest BCUT2D eigenvalue weighted by Gasteiger charge is -2.09. The molecule has 0 unspecified atom stereocenters. The maximum absolute atomic E-state index is 14.2. The lowest BCUT2D eigenvalue weighted by atomic mass is 10.2. The van der Waals surface area contributed by atoms with Gasteiger partial charge in [-0.1, -0.05) is 30.3 Å². The summed E-state index contributed by atoms with van der Waals surface area (Å²) in [5.74, 6) is -0.0529. The Labute approximate surface area is 174 Å². The van der Waals surface area contributed by atoms with Crippen molar-refractivity contribution in [2.45, 2.75) is 13.5 Å². The maximum atomic E-state index is 14.2. The van der Waals surface area contributed by atoms with E-state index in [1.54, 1.807) is 51.6 Å². The number of fused-ring (bicyclic) bond motifs is 3. The maximum Gasteiger partial charge on any atom is 0.332 e. The van der Waals surface area contributed by atoms with Crippen molar-refractivity contribution >= 4 is 16.9 Å². The number of phenols is 1. The van der Waals surface area contributed by atoms with Crippen molar-refractivity contribution in [3.05, 3.63) is 92.6 Å². The van der Waals surface area contributed by atoms with Gasteiger partial charge in [-0.05, 0) is 25.1 Å². The summed E-state index contributed by atoms with van der Waals surface area (Å²) >= 11 is 0. The third-order valence-corrected chi connectivity index (χ3v) is 5.43. The van der Waals surface area contributed by atoms with E-state index < -0.39 is 17.1 Å². The summed E-state index contributed by atoms with van der Waals surface area (Å²) in [6.45, 7) is 1.63. The number of aromatic nitrogens is 5. The fraction of sp³-hybridized carbons (Fsp3) is 0.136. The minimum Gasteiger partial charge on any atom is -0.506 e. The Morgan fingerprint density at radius 3 is 2.52 bits per heavy atom. The van der Waals surface area contributed by atoms with Crippen LogP contribution in [-0.2, 0) is 13.6 Å². The first-order chi connectivity index (χ1) is 14.9. The molecule has 156 valence electrons. The summed E-state index contributed by atoms with van der Waals surface area (Å²) < 4.78 is 19.7. The van der Waals surface area contributed by atoms with Crippen LogP contribution in [0, 0.1) is 12.7 Å². The molecule has 8 nitrogen and oxygen atoms in total. The van der Waals surface area contributed by atoms with E-state index in [1.165, 1.54) is 23.7 Å². The van der Waals surface area contributed by atoms with Crippen molar-refractivity contribution < 1.29 is 9.50 Å². The minimum absolute atomic E-state index is 0.0570. The number of hydrogen-bond donors (Lipinski definition) is 1. The van der Waals surface area contributed by atoms with E-state index in [0.717, 1.165) is 10.3 Å². The molecule has 3 heterocycles. The molecule has 5 aromatic rings. The smallest absolute Gasteiger partial charge is 0.332 e. The molecule has 0 amide bonds. The monoisotopic (exact) mass is 419 g/mol. The van der Waals surface area contributed by atoms with Crippen LogP contribution in [0.4, 0.5) is 4.39 Å². The number of aryl methyl sites for hydroxylation is 2. The molecule has 0 aliphatic carbocycles. The van der Waals surface area contributed by atoms with E-state index in [1.807, 2.05) is 6.92 Å². The average Bonchev–Trinajstić information content (AvgIpc) is 3.26. The predicted molar refractivity (Wildman–Crippen MR) is 113 cm³/mol. The second kappa shape index (κ2) is 6.69. The van der Waals surface area contributed by atoms with Crippen LogP contribution in [0.1, 0.15) is 11.3 Å². The zero-order valence-electron chi connectivity index (χ0n) is 16.8. The molecule has 0 radical (unpaired) electrons. The molecule has 1 N–H and O–H groups in total. The molecule has 0 bridgehead atoms. The summed E-state index contributed by atoms with van der Waals surface area (Å²) in [4.78, 5) is 30.8.